The molecule has 0 radical (unpaired) electrons. The molecule has 0 atom stereocenters. The molecule has 0 bridgehead atoms. The summed E-state index contributed by atoms with van der Waals surface area (Å²) in [5.74, 6) is 0.685. The second-order valence-corrected chi connectivity index (χ2v) is 5.47. The average molecular weight is 357 g/mol. The molecule has 3 heterocycles. The molecule has 108 valence electrons. The highest BCUT2D eigenvalue weighted by Crippen LogP contribution is 2.32. The van der Waals surface area contributed by atoms with Crippen LogP contribution in [0.2, 0.25) is 0 Å². The van der Waals surface area contributed by atoms with Crippen molar-refractivity contribution in [2.24, 2.45) is 0 Å². The number of fused-ring (bicyclic) bond motifs is 1. The number of hydrogen-bond donors (Lipinski definition) is 2. The second-order valence-electron chi connectivity index (χ2n) is 4.62. The molecule has 1 aromatic carbocycles. The van der Waals surface area contributed by atoms with Crippen molar-refractivity contribution in [1.82, 2.24) is 25.3 Å². The smallest absolute Gasteiger partial charge is 0.199 e. The molecule has 0 fully saturated rings. The Labute approximate surface area is 132 Å². The van der Waals surface area contributed by atoms with Gasteiger partial charge in [0.2, 0.25) is 0 Å². The molecule has 0 saturated heterocycles. The van der Waals surface area contributed by atoms with Gasteiger partial charge in [-0.2, -0.15) is 0 Å². The zero-order valence-corrected chi connectivity index (χ0v) is 12.7. The number of imidazole rings is 1. The summed E-state index contributed by atoms with van der Waals surface area (Å²) in [7, 11) is 0. The van der Waals surface area contributed by atoms with E-state index in [4.69, 9.17) is 5.73 Å². The van der Waals surface area contributed by atoms with Crippen LogP contribution in [-0.2, 0) is 0 Å². The first-order valence-corrected chi connectivity index (χ1v) is 7.21. The first-order chi connectivity index (χ1) is 10.7. The Morgan fingerprint density at radius 1 is 1.09 bits per heavy atom. The minimum absolute atomic E-state index is 0.189. The van der Waals surface area contributed by atoms with Gasteiger partial charge in [-0.05, 0) is 22.4 Å². The lowest BCUT2D eigenvalue weighted by Gasteiger charge is -2.03. The molecule has 3 aromatic heterocycles. The predicted octanol–water partition coefficient (Wildman–Crippen LogP) is 3.02. The Hall–Kier alpha value is -2.74. The lowest BCUT2D eigenvalue weighted by atomic mass is 10.1. The number of nitrogens with one attached hydrogen (secondary N) is 1. The Morgan fingerprint density at radius 2 is 1.95 bits per heavy atom. The minimum atomic E-state index is 0.189. The van der Waals surface area contributed by atoms with E-state index in [1.165, 1.54) is 0 Å². The summed E-state index contributed by atoms with van der Waals surface area (Å²) >= 11 is 3.54. The summed E-state index contributed by atoms with van der Waals surface area (Å²) in [6, 6.07) is 9.68. The maximum atomic E-state index is 5.72. The molecule has 22 heavy (non-hydrogen) atoms. The highest BCUT2D eigenvalue weighted by Gasteiger charge is 2.17. The standard InChI is InChI=1S/C14H9BrN6O/c15-8-4-2-1-3-7(8)10-11-9(5-6-17-10)18-14(19-11)12-13(16)21-22-20-12/h1-6H,(H2,16,21)(H,18,19). The molecule has 0 aliphatic carbocycles. The van der Waals surface area contributed by atoms with Gasteiger partial charge < -0.3 is 10.7 Å². The van der Waals surface area contributed by atoms with E-state index < -0.39 is 0 Å². The molecule has 0 spiro atoms. The van der Waals surface area contributed by atoms with Crippen molar-refractivity contribution < 1.29 is 4.63 Å². The number of rotatable bonds is 2. The Bertz CT molecular complexity index is 976. The van der Waals surface area contributed by atoms with E-state index in [0.29, 0.717) is 11.5 Å². The number of aromatic nitrogens is 5. The Morgan fingerprint density at radius 3 is 2.73 bits per heavy atom. The number of pyridine rings is 1. The highest BCUT2D eigenvalue weighted by atomic mass is 79.9. The van der Waals surface area contributed by atoms with Crippen molar-refractivity contribution in [2.75, 3.05) is 5.73 Å². The molecule has 3 N–H and O–H groups in total. The zero-order valence-electron chi connectivity index (χ0n) is 11.1. The number of aromatic amines is 1. The van der Waals surface area contributed by atoms with Gasteiger partial charge in [0.05, 0.1) is 11.2 Å². The summed E-state index contributed by atoms with van der Waals surface area (Å²) in [5, 5.41) is 7.33. The Kier molecular flexibility index (Phi) is 2.90. The molecule has 0 saturated carbocycles. The van der Waals surface area contributed by atoms with E-state index in [2.05, 4.69) is 45.8 Å². The van der Waals surface area contributed by atoms with Crippen LogP contribution in [0.3, 0.4) is 0 Å². The third-order valence-electron chi connectivity index (χ3n) is 3.27. The molecule has 0 aliphatic rings. The van der Waals surface area contributed by atoms with Gasteiger partial charge in [-0.25, -0.2) is 9.61 Å². The fraction of sp³-hybridized carbons (Fsp3) is 0. The normalized spacial score (nSPS) is 11.1. The van der Waals surface area contributed by atoms with Crippen LogP contribution in [0.5, 0.6) is 0 Å². The number of nitrogens with zero attached hydrogens (tertiary/aromatic N) is 4. The van der Waals surface area contributed by atoms with Crippen molar-refractivity contribution in [1.29, 1.82) is 0 Å². The van der Waals surface area contributed by atoms with E-state index >= 15 is 0 Å². The van der Waals surface area contributed by atoms with Crippen LogP contribution in [0.15, 0.2) is 45.6 Å². The lowest BCUT2D eigenvalue weighted by molar-refractivity contribution is 0.310. The van der Waals surface area contributed by atoms with Crippen molar-refractivity contribution in [3.05, 3.63) is 41.0 Å². The van der Waals surface area contributed by atoms with Crippen molar-refractivity contribution in [2.45, 2.75) is 0 Å². The fourth-order valence-corrected chi connectivity index (χ4v) is 2.73. The van der Waals surface area contributed by atoms with Crippen molar-refractivity contribution in [3.63, 3.8) is 0 Å². The van der Waals surface area contributed by atoms with Crippen molar-refractivity contribution >= 4 is 32.8 Å². The predicted molar refractivity (Wildman–Crippen MR) is 84.7 cm³/mol. The summed E-state index contributed by atoms with van der Waals surface area (Å²) < 4.78 is 5.57. The minimum Gasteiger partial charge on any atom is -0.379 e. The van der Waals surface area contributed by atoms with Crippen LogP contribution in [0, 0.1) is 0 Å². The fourth-order valence-electron chi connectivity index (χ4n) is 2.26. The summed E-state index contributed by atoms with van der Waals surface area (Å²) in [4.78, 5) is 12.2. The van der Waals surface area contributed by atoms with Gasteiger partial charge in [0.15, 0.2) is 17.3 Å². The second kappa shape index (κ2) is 4.92. The van der Waals surface area contributed by atoms with Gasteiger partial charge in [-0.3, -0.25) is 4.98 Å². The topological polar surface area (TPSA) is 107 Å². The molecule has 4 aromatic rings. The van der Waals surface area contributed by atoms with E-state index in [9.17, 15) is 0 Å². The quantitative estimate of drug-likeness (QED) is 0.571. The van der Waals surface area contributed by atoms with Gasteiger partial charge in [0, 0.05) is 16.2 Å². The maximum absolute atomic E-state index is 5.72. The Balaban J connectivity index is 1.97. The molecule has 0 aliphatic heterocycles. The van der Waals surface area contributed by atoms with Gasteiger partial charge in [-0.1, -0.05) is 34.1 Å². The molecular weight excluding hydrogens is 348 g/mol. The average Bonchev–Trinajstić information content (AvgIpc) is 3.13. The van der Waals surface area contributed by atoms with Gasteiger partial charge in [0.25, 0.3) is 0 Å². The highest BCUT2D eigenvalue weighted by molar-refractivity contribution is 9.10. The van der Waals surface area contributed by atoms with E-state index in [0.717, 1.165) is 26.8 Å². The number of benzene rings is 1. The monoisotopic (exact) mass is 356 g/mol. The first-order valence-electron chi connectivity index (χ1n) is 6.42. The number of nitrogen functional groups attached to an aromatic ring is 1. The molecule has 8 heteroatoms. The molecule has 0 amide bonds. The van der Waals surface area contributed by atoms with Crippen LogP contribution in [0.1, 0.15) is 0 Å². The zero-order chi connectivity index (χ0) is 15.1. The SMILES string of the molecule is Nc1nonc1-c1nc2c(-c3ccccc3Br)nccc2[nH]1. The number of hydrogen-bond acceptors (Lipinski definition) is 6. The molecule has 7 nitrogen and oxygen atoms in total. The number of nitrogens with two attached hydrogens (primary N) is 1. The number of anilines is 1. The maximum Gasteiger partial charge on any atom is 0.199 e. The molecule has 4 rings (SSSR count). The summed E-state index contributed by atoms with van der Waals surface area (Å²) in [5.41, 5.74) is 9.38. The van der Waals surface area contributed by atoms with Crippen LogP contribution >= 0.6 is 15.9 Å². The third-order valence-corrected chi connectivity index (χ3v) is 3.96. The summed E-state index contributed by atoms with van der Waals surface area (Å²) in [6.45, 7) is 0. The third kappa shape index (κ3) is 1.96. The largest absolute Gasteiger partial charge is 0.379 e. The lowest BCUT2D eigenvalue weighted by Crippen LogP contribution is -1.89. The first kappa shape index (κ1) is 13.0. The van der Waals surface area contributed by atoms with Crippen LogP contribution in [0.25, 0.3) is 33.8 Å². The number of halogens is 1. The van der Waals surface area contributed by atoms with E-state index in [1.54, 1.807) is 6.20 Å². The van der Waals surface area contributed by atoms with Crippen molar-refractivity contribution in [3.8, 4) is 22.8 Å². The summed E-state index contributed by atoms with van der Waals surface area (Å²) in [6.07, 6.45) is 1.73. The van der Waals surface area contributed by atoms with E-state index in [1.807, 2.05) is 30.3 Å². The van der Waals surface area contributed by atoms with Gasteiger partial charge in [0.1, 0.15) is 5.52 Å². The van der Waals surface area contributed by atoms with Gasteiger partial charge >= 0.3 is 0 Å². The van der Waals surface area contributed by atoms with Crippen LogP contribution in [-0.4, -0.2) is 25.3 Å². The van der Waals surface area contributed by atoms with Gasteiger partial charge in [-0.15, -0.1) is 0 Å². The molecular formula is C14H9BrN6O. The van der Waals surface area contributed by atoms with Crippen LogP contribution in [0.4, 0.5) is 5.82 Å². The molecule has 0 unspecified atom stereocenters. The van der Waals surface area contributed by atoms with E-state index in [-0.39, 0.29) is 5.82 Å². The van der Waals surface area contributed by atoms with Crippen LogP contribution < -0.4 is 5.73 Å². The number of H-pyrrole nitrogens is 1.